The number of H-pyrrole nitrogens is 1. The molecule has 2 aromatic heterocycles. The molecule has 41 heavy (non-hydrogen) atoms. The first-order chi connectivity index (χ1) is 19.7. The van der Waals surface area contributed by atoms with Crippen molar-refractivity contribution in [3.8, 4) is 17.1 Å². The number of aromatic nitrogens is 4. The molecule has 11 nitrogen and oxygen atoms in total. The summed E-state index contributed by atoms with van der Waals surface area (Å²) in [5, 5.41) is 4.80. The van der Waals surface area contributed by atoms with Crippen molar-refractivity contribution in [3.63, 3.8) is 0 Å². The Balaban J connectivity index is 1.60. The van der Waals surface area contributed by atoms with Crippen LogP contribution in [-0.4, -0.2) is 78.1 Å². The van der Waals surface area contributed by atoms with Crippen LogP contribution in [0, 0.1) is 6.92 Å². The van der Waals surface area contributed by atoms with Crippen LogP contribution in [0.25, 0.3) is 16.9 Å². The minimum absolute atomic E-state index is 0.00175. The molecule has 1 fully saturated rings. The molecule has 0 spiro atoms. The van der Waals surface area contributed by atoms with E-state index < -0.39 is 10.0 Å². The fourth-order valence-electron chi connectivity index (χ4n) is 5.23. The molecule has 226 valence electrons. The molecule has 1 aliphatic heterocycles. The second-order valence-corrected chi connectivity index (χ2v) is 12.6. The van der Waals surface area contributed by atoms with Crippen molar-refractivity contribution < 1.29 is 17.9 Å². The number of benzene rings is 1. The molecule has 1 aromatic carbocycles. The van der Waals surface area contributed by atoms with Crippen LogP contribution in [0.4, 0.5) is 5.69 Å². The van der Waals surface area contributed by atoms with E-state index in [1.165, 1.54) is 12.8 Å². The van der Waals surface area contributed by atoms with Gasteiger partial charge in [-0.25, -0.2) is 17.9 Å². The van der Waals surface area contributed by atoms with Crippen LogP contribution in [-0.2, 0) is 14.8 Å². The van der Waals surface area contributed by atoms with Gasteiger partial charge >= 0.3 is 0 Å². The van der Waals surface area contributed by atoms with E-state index in [4.69, 9.17) is 19.6 Å². The number of hydrogen-bond acceptors (Lipinski definition) is 8. The van der Waals surface area contributed by atoms with Crippen LogP contribution in [0.5, 0.6) is 5.75 Å². The van der Waals surface area contributed by atoms with Gasteiger partial charge in [-0.1, -0.05) is 39.5 Å². The maximum absolute atomic E-state index is 13.2. The normalized spacial score (nSPS) is 15.3. The van der Waals surface area contributed by atoms with E-state index in [2.05, 4.69) is 28.5 Å². The number of unbranched alkanes of at least 4 members (excludes halogenated alkanes) is 3. The first-order valence-corrected chi connectivity index (χ1v) is 16.4. The van der Waals surface area contributed by atoms with Gasteiger partial charge in [-0.2, -0.15) is 0 Å². The summed E-state index contributed by atoms with van der Waals surface area (Å²) < 4.78 is 41.3. The predicted octanol–water partition coefficient (Wildman–Crippen LogP) is 4.33. The Hall–Kier alpha value is -2.96. The van der Waals surface area contributed by atoms with Gasteiger partial charge in [-0.3, -0.25) is 14.4 Å². The summed E-state index contributed by atoms with van der Waals surface area (Å²) in [6.07, 6.45) is 6.09. The highest BCUT2D eigenvalue weighted by Crippen LogP contribution is 2.31. The SMILES string of the molecule is CCCCCCC(C)c1nc(C)c2c(=O)[nH]c(-c3cc(NS(=O)(=O)CCCN4CCOCC4)ccc3OCC)nn12. The maximum atomic E-state index is 13.2. The molecule has 0 aliphatic carbocycles. The Morgan fingerprint density at radius 3 is 2.66 bits per heavy atom. The third kappa shape index (κ3) is 8.08. The van der Waals surface area contributed by atoms with Crippen molar-refractivity contribution in [2.75, 3.05) is 49.9 Å². The van der Waals surface area contributed by atoms with E-state index in [-0.39, 0.29) is 23.1 Å². The molecule has 4 rings (SSSR count). The molecular formula is C29H44N6O5S. The second kappa shape index (κ2) is 14.3. The molecule has 0 radical (unpaired) electrons. The smallest absolute Gasteiger partial charge is 0.277 e. The molecule has 0 amide bonds. The lowest BCUT2D eigenvalue weighted by molar-refractivity contribution is 0.0381. The van der Waals surface area contributed by atoms with Gasteiger partial charge < -0.3 is 14.5 Å². The molecule has 3 heterocycles. The summed E-state index contributed by atoms with van der Waals surface area (Å²) in [7, 11) is -3.59. The van der Waals surface area contributed by atoms with Crippen LogP contribution in [0.2, 0.25) is 0 Å². The predicted molar refractivity (Wildman–Crippen MR) is 161 cm³/mol. The Labute approximate surface area is 242 Å². The molecule has 1 unspecified atom stereocenters. The molecule has 0 bridgehead atoms. The van der Waals surface area contributed by atoms with Crippen LogP contribution in [0.1, 0.15) is 76.7 Å². The monoisotopic (exact) mass is 588 g/mol. The lowest BCUT2D eigenvalue weighted by Crippen LogP contribution is -2.37. The lowest BCUT2D eigenvalue weighted by atomic mass is 10.0. The number of rotatable bonds is 15. The highest BCUT2D eigenvalue weighted by atomic mass is 32.2. The fraction of sp³-hybridized carbons (Fsp3) is 0.621. The number of nitrogens with one attached hydrogen (secondary N) is 2. The third-order valence-corrected chi connectivity index (χ3v) is 8.80. The van der Waals surface area contributed by atoms with Crippen molar-refractivity contribution in [3.05, 3.63) is 40.1 Å². The van der Waals surface area contributed by atoms with Crippen molar-refractivity contribution in [2.45, 2.75) is 72.1 Å². The molecule has 2 N–H and O–H groups in total. The molecule has 3 aromatic rings. The summed E-state index contributed by atoms with van der Waals surface area (Å²) in [5.41, 5.74) is 1.61. The third-order valence-electron chi connectivity index (χ3n) is 7.43. The highest BCUT2D eigenvalue weighted by molar-refractivity contribution is 7.92. The number of sulfonamides is 1. The zero-order valence-corrected chi connectivity index (χ0v) is 25.6. The Bertz CT molecular complexity index is 1460. The largest absolute Gasteiger partial charge is 0.493 e. The number of aryl methyl sites for hydroxylation is 1. The Kier molecular flexibility index (Phi) is 10.8. The Morgan fingerprint density at radius 2 is 1.93 bits per heavy atom. The summed E-state index contributed by atoms with van der Waals surface area (Å²) in [5.74, 6) is 1.66. The number of hydrogen-bond donors (Lipinski definition) is 2. The van der Waals surface area contributed by atoms with E-state index in [0.29, 0.717) is 61.0 Å². The summed E-state index contributed by atoms with van der Waals surface area (Å²) in [6, 6.07) is 5.02. The molecule has 1 saturated heterocycles. The molecule has 12 heteroatoms. The molecule has 1 aliphatic rings. The molecular weight excluding hydrogens is 544 g/mol. The van der Waals surface area contributed by atoms with Crippen LogP contribution >= 0.6 is 0 Å². The van der Waals surface area contributed by atoms with Crippen molar-refractivity contribution in [1.82, 2.24) is 24.5 Å². The van der Waals surface area contributed by atoms with Crippen LogP contribution < -0.4 is 15.0 Å². The minimum atomic E-state index is -3.59. The number of anilines is 1. The van der Waals surface area contributed by atoms with Crippen LogP contribution in [0.3, 0.4) is 0 Å². The summed E-state index contributed by atoms with van der Waals surface area (Å²) in [6.45, 7) is 12.1. The number of morpholine rings is 1. The second-order valence-electron chi connectivity index (χ2n) is 10.7. The van der Waals surface area contributed by atoms with Crippen molar-refractivity contribution in [1.29, 1.82) is 0 Å². The average Bonchev–Trinajstić information content (AvgIpc) is 3.29. The van der Waals surface area contributed by atoms with E-state index in [1.807, 2.05) is 13.8 Å². The zero-order chi connectivity index (χ0) is 29.4. The fourth-order valence-corrected chi connectivity index (χ4v) is 6.33. The minimum Gasteiger partial charge on any atom is -0.493 e. The first-order valence-electron chi connectivity index (χ1n) is 14.8. The van der Waals surface area contributed by atoms with Gasteiger partial charge in [0.15, 0.2) is 11.3 Å². The number of imidazole rings is 1. The van der Waals surface area contributed by atoms with E-state index >= 15 is 0 Å². The quantitative estimate of drug-likeness (QED) is 0.251. The first kappa shape index (κ1) is 31.0. The average molecular weight is 589 g/mol. The lowest BCUT2D eigenvalue weighted by Gasteiger charge is -2.26. The number of nitrogens with zero attached hydrogens (tertiary/aromatic N) is 4. The number of fused-ring (bicyclic) bond motifs is 1. The number of aromatic amines is 1. The molecule has 1 atom stereocenters. The molecule has 0 saturated carbocycles. The van der Waals surface area contributed by atoms with Gasteiger partial charge in [0.1, 0.15) is 11.6 Å². The highest BCUT2D eigenvalue weighted by Gasteiger charge is 2.21. The summed E-state index contributed by atoms with van der Waals surface area (Å²) >= 11 is 0. The van der Waals surface area contributed by atoms with Crippen molar-refractivity contribution in [2.24, 2.45) is 0 Å². The van der Waals surface area contributed by atoms with Crippen LogP contribution in [0.15, 0.2) is 23.0 Å². The van der Waals surface area contributed by atoms with E-state index in [1.54, 1.807) is 22.7 Å². The van der Waals surface area contributed by atoms with Gasteiger partial charge in [-0.05, 0) is 51.4 Å². The van der Waals surface area contributed by atoms with Gasteiger partial charge in [0.05, 0.1) is 36.8 Å². The van der Waals surface area contributed by atoms with Crippen molar-refractivity contribution >= 4 is 21.2 Å². The van der Waals surface area contributed by atoms with Gasteiger partial charge in [-0.15, -0.1) is 5.10 Å². The van der Waals surface area contributed by atoms with Gasteiger partial charge in [0.25, 0.3) is 5.56 Å². The zero-order valence-electron chi connectivity index (χ0n) is 24.7. The summed E-state index contributed by atoms with van der Waals surface area (Å²) in [4.78, 5) is 23.0. The topological polar surface area (TPSA) is 131 Å². The van der Waals surface area contributed by atoms with Gasteiger partial charge in [0, 0.05) is 24.7 Å². The van der Waals surface area contributed by atoms with E-state index in [9.17, 15) is 13.2 Å². The van der Waals surface area contributed by atoms with Gasteiger partial charge in [0.2, 0.25) is 10.0 Å². The van der Waals surface area contributed by atoms with E-state index in [0.717, 1.165) is 38.2 Å². The maximum Gasteiger partial charge on any atom is 0.277 e. The standard InChI is InChI=1S/C29H44N6O5S/c1-5-7-8-9-11-21(3)28-30-22(4)26-29(36)31-27(32-35(26)28)24-20-23(12-13-25(24)40-6-2)33-41(37,38)19-10-14-34-15-17-39-18-16-34/h12-13,20-21,33H,5-11,14-19H2,1-4H3,(H,31,32,36). The Morgan fingerprint density at radius 1 is 1.15 bits per heavy atom. The number of ether oxygens (including phenoxy) is 2.